The van der Waals surface area contributed by atoms with Gasteiger partial charge in [-0.15, -0.1) is 0 Å². The number of piperidine rings is 1. The molecule has 1 aliphatic heterocycles. The van der Waals surface area contributed by atoms with Crippen LogP contribution in [-0.2, 0) is 0 Å². The SMILES string of the molecule is Fc1ccc2c(C3CCN(c4nccn5nccc45)CC3)noc2c1. The third-order valence-corrected chi connectivity index (χ3v) is 4.95. The van der Waals surface area contributed by atoms with Crippen molar-refractivity contribution >= 4 is 22.3 Å². The van der Waals surface area contributed by atoms with Crippen molar-refractivity contribution in [3.8, 4) is 0 Å². The molecule has 0 N–H and O–H groups in total. The van der Waals surface area contributed by atoms with Crippen LogP contribution in [0.4, 0.5) is 10.2 Å². The number of benzene rings is 1. The molecule has 0 bridgehead atoms. The Morgan fingerprint density at radius 3 is 2.88 bits per heavy atom. The Morgan fingerprint density at radius 1 is 1.12 bits per heavy atom. The molecule has 1 aromatic carbocycles. The standard InChI is InChI=1S/C18H16FN5O/c19-13-1-2-14-16(11-13)25-22-17(14)12-4-8-23(9-5-12)18-15-3-6-21-24(15)10-7-20-18/h1-3,6-7,10-12H,4-5,8-9H2. The second kappa shape index (κ2) is 5.54. The van der Waals surface area contributed by atoms with Crippen molar-refractivity contribution < 1.29 is 8.91 Å². The Hall–Kier alpha value is -2.96. The fourth-order valence-corrected chi connectivity index (χ4v) is 3.68. The van der Waals surface area contributed by atoms with Crippen LogP contribution in [0, 0.1) is 5.82 Å². The fourth-order valence-electron chi connectivity index (χ4n) is 3.68. The van der Waals surface area contributed by atoms with Crippen LogP contribution in [0.15, 0.2) is 47.4 Å². The van der Waals surface area contributed by atoms with Gasteiger partial charge in [-0.2, -0.15) is 5.10 Å². The summed E-state index contributed by atoms with van der Waals surface area (Å²) >= 11 is 0. The van der Waals surface area contributed by atoms with Crippen LogP contribution in [0.2, 0.25) is 0 Å². The summed E-state index contributed by atoms with van der Waals surface area (Å²) in [4.78, 5) is 6.83. The molecule has 6 nitrogen and oxygen atoms in total. The molecule has 1 fully saturated rings. The van der Waals surface area contributed by atoms with Gasteiger partial charge in [0.2, 0.25) is 0 Å². The van der Waals surface area contributed by atoms with Gasteiger partial charge < -0.3 is 9.42 Å². The average molecular weight is 337 g/mol. The van der Waals surface area contributed by atoms with E-state index < -0.39 is 0 Å². The first-order chi connectivity index (χ1) is 12.3. The van der Waals surface area contributed by atoms with Crippen LogP contribution in [0.3, 0.4) is 0 Å². The molecule has 7 heteroatoms. The maximum Gasteiger partial charge on any atom is 0.170 e. The molecular weight excluding hydrogens is 321 g/mol. The van der Waals surface area contributed by atoms with Gasteiger partial charge >= 0.3 is 0 Å². The molecule has 5 rings (SSSR count). The van der Waals surface area contributed by atoms with E-state index in [1.165, 1.54) is 12.1 Å². The van der Waals surface area contributed by atoms with Gasteiger partial charge in [0.1, 0.15) is 11.3 Å². The van der Waals surface area contributed by atoms with Gasteiger partial charge in [0.05, 0.1) is 11.9 Å². The fraction of sp³-hybridized carbons (Fsp3) is 0.278. The molecule has 25 heavy (non-hydrogen) atoms. The molecule has 1 aliphatic rings. The summed E-state index contributed by atoms with van der Waals surface area (Å²) in [6.45, 7) is 1.77. The molecule has 0 radical (unpaired) electrons. The molecule has 0 spiro atoms. The van der Waals surface area contributed by atoms with Crippen molar-refractivity contribution in [2.24, 2.45) is 0 Å². The Morgan fingerprint density at radius 2 is 2.00 bits per heavy atom. The number of anilines is 1. The summed E-state index contributed by atoms with van der Waals surface area (Å²) < 4.78 is 20.5. The Kier molecular flexibility index (Phi) is 3.19. The largest absolute Gasteiger partial charge is 0.356 e. The molecule has 1 saturated heterocycles. The molecule has 0 amide bonds. The highest BCUT2D eigenvalue weighted by Gasteiger charge is 2.26. The topological polar surface area (TPSA) is 59.5 Å². The summed E-state index contributed by atoms with van der Waals surface area (Å²) in [5.74, 6) is 0.975. The van der Waals surface area contributed by atoms with Crippen molar-refractivity contribution in [1.82, 2.24) is 19.8 Å². The van der Waals surface area contributed by atoms with Crippen LogP contribution < -0.4 is 4.90 Å². The zero-order valence-electron chi connectivity index (χ0n) is 13.5. The first kappa shape index (κ1) is 14.4. The van der Waals surface area contributed by atoms with Crippen LogP contribution in [0.25, 0.3) is 16.5 Å². The maximum atomic E-state index is 13.3. The molecule has 4 heterocycles. The minimum absolute atomic E-state index is 0.301. The lowest BCUT2D eigenvalue weighted by molar-refractivity contribution is 0.416. The van der Waals surface area contributed by atoms with Gasteiger partial charge in [0.25, 0.3) is 0 Å². The lowest BCUT2D eigenvalue weighted by Gasteiger charge is -2.32. The van der Waals surface area contributed by atoms with E-state index >= 15 is 0 Å². The summed E-state index contributed by atoms with van der Waals surface area (Å²) in [6.07, 6.45) is 7.33. The van der Waals surface area contributed by atoms with Crippen LogP contribution in [-0.4, -0.2) is 32.8 Å². The number of hydrogen-bond donors (Lipinski definition) is 0. The van der Waals surface area contributed by atoms with E-state index in [9.17, 15) is 4.39 Å². The smallest absolute Gasteiger partial charge is 0.170 e. The van der Waals surface area contributed by atoms with Crippen molar-refractivity contribution in [1.29, 1.82) is 0 Å². The number of aromatic nitrogens is 4. The van der Waals surface area contributed by atoms with Crippen molar-refractivity contribution in [3.05, 3.63) is 54.4 Å². The minimum Gasteiger partial charge on any atom is -0.356 e. The van der Waals surface area contributed by atoms with E-state index in [0.717, 1.165) is 48.3 Å². The predicted octanol–water partition coefficient (Wildman–Crippen LogP) is 3.39. The highest BCUT2D eigenvalue weighted by Crippen LogP contribution is 2.34. The van der Waals surface area contributed by atoms with Gasteiger partial charge in [-0.3, -0.25) is 0 Å². The van der Waals surface area contributed by atoms with Gasteiger partial charge in [-0.05, 0) is 31.0 Å². The van der Waals surface area contributed by atoms with Crippen molar-refractivity contribution in [2.45, 2.75) is 18.8 Å². The predicted molar refractivity (Wildman–Crippen MR) is 91.1 cm³/mol. The molecule has 0 aliphatic carbocycles. The third kappa shape index (κ3) is 2.34. The minimum atomic E-state index is -0.301. The summed E-state index contributed by atoms with van der Waals surface area (Å²) in [5, 5.41) is 9.39. The second-order valence-electron chi connectivity index (χ2n) is 6.38. The zero-order chi connectivity index (χ0) is 16.8. The summed E-state index contributed by atoms with van der Waals surface area (Å²) in [7, 11) is 0. The quantitative estimate of drug-likeness (QED) is 0.561. The molecule has 0 unspecified atom stereocenters. The summed E-state index contributed by atoms with van der Waals surface area (Å²) in [6, 6.07) is 6.60. The molecule has 4 aromatic rings. The van der Waals surface area contributed by atoms with E-state index in [1.807, 2.05) is 16.8 Å². The van der Waals surface area contributed by atoms with Crippen molar-refractivity contribution in [2.75, 3.05) is 18.0 Å². The average Bonchev–Trinajstić information content (AvgIpc) is 3.28. The highest BCUT2D eigenvalue weighted by molar-refractivity contribution is 5.80. The van der Waals surface area contributed by atoms with Crippen LogP contribution >= 0.6 is 0 Å². The number of fused-ring (bicyclic) bond motifs is 2. The monoisotopic (exact) mass is 337 g/mol. The number of hydrogen-bond acceptors (Lipinski definition) is 5. The number of nitrogens with zero attached hydrogens (tertiary/aromatic N) is 5. The first-order valence-electron chi connectivity index (χ1n) is 8.38. The molecule has 0 saturated carbocycles. The highest BCUT2D eigenvalue weighted by atomic mass is 19.1. The van der Waals surface area contributed by atoms with E-state index in [2.05, 4.69) is 20.1 Å². The molecule has 126 valence electrons. The summed E-state index contributed by atoms with van der Waals surface area (Å²) in [5.41, 5.74) is 2.47. The van der Waals surface area contributed by atoms with Gasteiger partial charge in [-0.25, -0.2) is 13.9 Å². The van der Waals surface area contributed by atoms with Gasteiger partial charge in [0.15, 0.2) is 11.4 Å². The maximum absolute atomic E-state index is 13.3. The molecule has 3 aromatic heterocycles. The number of rotatable bonds is 2. The Labute approximate surface area is 142 Å². The van der Waals surface area contributed by atoms with E-state index in [-0.39, 0.29) is 5.82 Å². The van der Waals surface area contributed by atoms with Crippen molar-refractivity contribution in [3.63, 3.8) is 0 Å². The Bertz CT molecular complexity index is 1050. The van der Waals surface area contributed by atoms with Gasteiger partial charge in [0, 0.05) is 42.9 Å². The normalized spacial score (nSPS) is 16.1. The second-order valence-corrected chi connectivity index (χ2v) is 6.38. The van der Waals surface area contributed by atoms with E-state index in [4.69, 9.17) is 4.52 Å². The first-order valence-corrected chi connectivity index (χ1v) is 8.38. The zero-order valence-corrected chi connectivity index (χ0v) is 13.5. The van der Waals surface area contributed by atoms with E-state index in [1.54, 1.807) is 18.5 Å². The Balaban J connectivity index is 1.40. The van der Waals surface area contributed by atoms with Crippen LogP contribution in [0.5, 0.6) is 0 Å². The third-order valence-electron chi connectivity index (χ3n) is 4.95. The van der Waals surface area contributed by atoms with E-state index in [0.29, 0.717) is 11.5 Å². The van der Waals surface area contributed by atoms with Gasteiger partial charge in [-0.1, -0.05) is 5.16 Å². The number of halogens is 1. The van der Waals surface area contributed by atoms with Crippen LogP contribution in [0.1, 0.15) is 24.5 Å². The molecular formula is C18H16FN5O. The lowest BCUT2D eigenvalue weighted by Crippen LogP contribution is -2.34. The molecule has 0 atom stereocenters. The lowest BCUT2D eigenvalue weighted by atomic mass is 9.91.